The van der Waals surface area contributed by atoms with E-state index in [4.69, 9.17) is 72.0 Å². The number of ketones is 1. The molecule has 0 saturated carbocycles. The number of nitrogens with one attached hydrogen (secondary N) is 7. The van der Waals surface area contributed by atoms with Crippen molar-refractivity contribution in [3.8, 4) is 16.9 Å². The molecule has 4 heterocycles. The second kappa shape index (κ2) is 56.4. The summed E-state index contributed by atoms with van der Waals surface area (Å²) in [5.74, 6) is -10.2. The summed E-state index contributed by atoms with van der Waals surface area (Å²) in [4.78, 5) is 146. The van der Waals surface area contributed by atoms with E-state index in [1.165, 1.54) is 72.6 Å². The Kier molecular flexibility index (Phi) is 44.9. The van der Waals surface area contributed by atoms with Crippen molar-refractivity contribution in [1.82, 2.24) is 31.5 Å². The summed E-state index contributed by atoms with van der Waals surface area (Å²) in [6, 6.07) is 29.8. The number of nitrogens with two attached hydrogens (primary N) is 1. The minimum atomic E-state index is -4.27. The number of carbonyl (C=O) groups is 10. The van der Waals surface area contributed by atoms with Crippen molar-refractivity contribution in [2.75, 3.05) is 174 Å². The second-order valence-electron chi connectivity index (χ2n) is 36.9. The minimum absolute atomic E-state index is 0.0125. The van der Waals surface area contributed by atoms with Gasteiger partial charge in [-0.25, -0.2) is 26.4 Å². The number of epoxide rings is 1. The van der Waals surface area contributed by atoms with Gasteiger partial charge in [-0.2, -0.15) is 0 Å². The number of carbonyl (C=O) groups excluding carboxylic acids is 10. The molecule has 39 nitrogen and oxygen atoms in total. The summed E-state index contributed by atoms with van der Waals surface area (Å²) in [7, 11) is -4.02. The topological polar surface area (TPSA) is 508 Å². The zero-order chi connectivity index (χ0) is 105. The third-order valence-corrected chi connectivity index (χ3v) is 28.7. The highest BCUT2D eigenvalue weighted by Crippen LogP contribution is 2.50. The number of Topliss-reactive ketones (excluding diaryl/α,β-unsaturated/α-hetero) is 1. The largest absolute Gasteiger partial charge is 0.496 e. The number of fused-ring (bicyclic) bond motifs is 5. The first-order chi connectivity index (χ1) is 69.3. The average Bonchev–Trinajstić information content (AvgIpc) is 1.57. The molecule has 4 bridgehead atoms. The predicted octanol–water partition coefficient (Wildman–Crippen LogP) is 8.81. The van der Waals surface area contributed by atoms with Crippen LogP contribution in [0.3, 0.4) is 0 Å². The maximum Gasteiger partial charge on any atom is 0.411 e. The molecule has 8 amide bonds. The number of ether oxygens (including phenoxy) is 14. The Balaban J connectivity index is 0.815. The lowest BCUT2D eigenvalue weighted by atomic mass is 9.83. The van der Waals surface area contributed by atoms with Gasteiger partial charge in [0.25, 0.3) is 5.91 Å². The van der Waals surface area contributed by atoms with Crippen molar-refractivity contribution < 1.29 is 136 Å². The van der Waals surface area contributed by atoms with Crippen LogP contribution < -0.4 is 52.6 Å². The van der Waals surface area contributed by atoms with Gasteiger partial charge in [0.05, 0.1) is 164 Å². The van der Waals surface area contributed by atoms with E-state index in [2.05, 4.69) is 37.2 Å². The van der Waals surface area contributed by atoms with Gasteiger partial charge in [0.1, 0.15) is 54.4 Å². The number of alkyl carbamates (subject to hydrolysis) is 1. The summed E-state index contributed by atoms with van der Waals surface area (Å²) in [5.41, 5.74) is 8.05. The molecule has 6 aromatic carbocycles. The maximum absolute atomic E-state index is 15.2. The van der Waals surface area contributed by atoms with E-state index >= 15 is 4.79 Å². The number of sulfone groups is 2. The predicted molar refractivity (Wildman–Crippen MR) is 537 cm³/mol. The van der Waals surface area contributed by atoms with Gasteiger partial charge in [-0.05, 0) is 155 Å². The fraction of sp³-hybridized carbons (Fsp3) is 0.519. The lowest BCUT2D eigenvalue weighted by Gasteiger charge is -2.42. The van der Waals surface area contributed by atoms with Gasteiger partial charge in [-0.3, -0.25) is 54.3 Å². The van der Waals surface area contributed by atoms with E-state index in [9.17, 15) is 65.1 Å². The zero-order valence-electron chi connectivity index (χ0n) is 84.5. The average molecular weight is 2060 g/mol. The highest BCUT2D eigenvalue weighted by molar-refractivity contribution is 7.92. The van der Waals surface area contributed by atoms with Crippen molar-refractivity contribution >= 4 is 96.1 Å². The molecule has 4 aliphatic rings. The summed E-state index contributed by atoms with van der Waals surface area (Å²) in [6.07, 6.45) is -0.685. The van der Waals surface area contributed by atoms with Gasteiger partial charge in [0.15, 0.2) is 31.2 Å². The van der Waals surface area contributed by atoms with Crippen LogP contribution in [0.15, 0.2) is 167 Å². The van der Waals surface area contributed by atoms with E-state index in [1.807, 2.05) is 25.1 Å². The van der Waals surface area contributed by atoms with Crippen LogP contribution in [0, 0.1) is 37.5 Å². The quantitative estimate of drug-likeness (QED) is 0.00448. The third kappa shape index (κ3) is 35.1. The molecule has 3 saturated heterocycles. The fourth-order valence-electron chi connectivity index (χ4n) is 16.6. The van der Waals surface area contributed by atoms with Gasteiger partial charge in [-0.15, -0.1) is 0 Å². The smallest absolute Gasteiger partial charge is 0.411 e. The van der Waals surface area contributed by atoms with Crippen molar-refractivity contribution in [2.24, 2.45) is 29.4 Å². The molecule has 1 unspecified atom stereocenters. The van der Waals surface area contributed by atoms with Gasteiger partial charge in [0, 0.05) is 74.1 Å². The monoisotopic (exact) mass is 2060 g/mol. The van der Waals surface area contributed by atoms with Crippen LogP contribution in [0.1, 0.15) is 130 Å². The number of hydrogen-bond acceptors (Lipinski definition) is 31. The van der Waals surface area contributed by atoms with Crippen molar-refractivity contribution in [1.29, 1.82) is 0 Å². The van der Waals surface area contributed by atoms with Crippen LogP contribution in [-0.4, -0.2) is 298 Å². The van der Waals surface area contributed by atoms with Gasteiger partial charge >= 0.3 is 18.2 Å². The second-order valence-corrected chi connectivity index (χ2v) is 41.0. The molecule has 10 rings (SSSR count). The molecule has 6 aromatic rings. The lowest BCUT2D eigenvalue weighted by Crippen LogP contribution is -2.63. The van der Waals surface area contributed by atoms with Crippen molar-refractivity contribution in [3.05, 3.63) is 191 Å². The highest BCUT2D eigenvalue weighted by Gasteiger charge is 2.65. The number of allylic oxidation sites excluding steroid dienone is 3. The molecule has 0 aromatic heterocycles. The third-order valence-electron chi connectivity index (χ3n) is 25.0. The van der Waals surface area contributed by atoms with E-state index in [1.54, 1.807) is 147 Å². The number of methoxy groups -OCH3 is 2. The molecule has 10 N–H and O–H groups in total. The number of nitrogens with zero attached hydrogens (tertiary/aromatic N) is 2. The molecular formula is C104H140N10O29S2. The maximum atomic E-state index is 15.2. The Morgan fingerprint density at radius 2 is 1.19 bits per heavy atom. The normalized spacial score (nSPS) is 21.5. The van der Waals surface area contributed by atoms with E-state index in [0.717, 1.165) is 22.3 Å². The van der Waals surface area contributed by atoms with Gasteiger partial charge in [-0.1, -0.05) is 130 Å². The van der Waals surface area contributed by atoms with E-state index < -0.39 is 175 Å². The molecule has 4 aliphatic heterocycles. The molecule has 0 spiro atoms. The van der Waals surface area contributed by atoms with Crippen LogP contribution in [0.2, 0.25) is 0 Å². The summed E-state index contributed by atoms with van der Waals surface area (Å²) >= 11 is 0. The Bertz CT molecular complexity index is 5500. The molecule has 3 fully saturated rings. The Hall–Kier alpha value is -11.5. The minimum Gasteiger partial charge on any atom is -0.496 e. The Labute approximate surface area is 847 Å². The van der Waals surface area contributed by atoms with Gasteiger partial charge < -0.3 is 108 Å². The molecular weight excluding hydrogens is 1920 g/mol. The number of anilines is 3. The summed E-state index contributed by atoms with van der Waals surface area (Å²) in [5, 5.41) is 31.6. The fourth-order valence-corrected chi connectivity index (χ4v) is 19.9. The molecule has 10 atom stereocenters. The first-order valence-corrected chi connectivity index (χ1v) is 52.0. The van der Waals surface area contributed by atoms with E-state index in [0.29, 0.717) is 98.5 Å². The molecule has 792 valence electrons. The molecule has 0 radical (unpaired) electrons. The summed E-state index contributed by atoms with van der Waals surface area (Å²) in [6.45, 7) is 18.9. The Morgan fingerprint density at radius 1 is 0.648 bits per heavy atom. The van der Waals surface area contributed by atoms with Crippen LogP contribution in [0.5, 0.6) is 5.75 Å². The number of benzene rings is 6. The van der Waals surface area contributed by atoms with Crippen LogP contribution in [0.4, 0.5) is 26.7 Å². The van der Waals surface area contributed by atoms with Crippen molar-refractivity contribution in [3.63, 3.8) is 0 Å². The van der Waals surface area contributed by atoms with E-state index in [-0.39, 0.29) is 133 Å². The van der Waals surface area contributed by atoms with Crippen molar-refractivity contribution in [2.45, 2.75) is 178 Å². The number of amides is 8. The van der Waals surface area contributed by atoms with Crippen LogP contribution in [0.25, 0.3) is 11.1 Å². The number of hydrogen-bond donors (Lipinski definition) is 9. The molecule has 41 heteroatoms. The van der Waals surface area contributed by atoms with Crippen LogP contribution in [-0.2, 0) is 123 Å². The zero-order valence-corrected chi connectivity index (χ0v) is 86.1. The first kappa shape index (κ1) is 115. The number of esters is 1. The highest BCUT2D eigenvalue weighted by atomic mass is 32.2. The lowest BCUT2D eigenvalue weighted by molar-refractivity contribution is -0.157. The van der Waals surface area contributed by atoms with Gasteiger partial charge in [0.2, 0.25) is 29.5 Å². The molecule has 0 aliphatic carbocycles. The van der Waals surface area contributed by atoms with Crippen LogP contribution >= 0.6 is 0 Å². The Morgan fingerprint density at radius 3 is 1.73 bits per heavy atom. The number of rotatable bonds is 35. The number of aryl methyl sites for hydroxylation is 2. The standard InChI is InChI=1S/C104H140N10O29S2/c1-67(2)93(111-90(115)39-38-84(99(121)114-41-43-132-45-47-134-49-51-136-53-55-138-56-54-137-52-50-135-48-46-133-44-42-114)110-96(118)77-26-24-76(25-27-77)94(117)78(63-144(126,127)81-34-18-69(5)19-35-81)64-145(128,129)82-36-20-70(6)21-37-82)98(120)109-83(16-14-40-106-66-139-65-105)97(119)107-79-30-22-73(23-31-79)62-140-101(123)108-80-32-28-75(29-33-80)92-85-58-74(59-86(92)130-11)57-71(7)15-13-17-88(131-12)104(125)61-87(141-102(124)112-104)72(8)95-103(9,143-95)89(60-91(116)113(85)10)142-100(122)68(3)4/h13,15,17-37,58-59,67-68,72,78,83-84,87-89,93,95,106,125H,14,16,38-57,60-66,105H2,1-12H3,(H,107,119)(H,108,123)(H,109,120)(H,110,118)(H,111,115)(H,112,124)/b17-13-,71-15-/t72-,83-,84+,87+,88-,89+,93+,95+,103+,104?/m0/s1. The summed E-state index contributed by atoms with van der Waals surface area (Å²) < 4.78 is 137. The number of aliphatic hydroxyl groups is 1. The molecule has 145 heavy (non-hydrogen) atoms. The SMILES string of the molecule is COc1cc2cc(c1-c1ccc(NC(=O)OCc3ccc(NC(=O)[C@H](CCCNCOCN)NC(=O)[C@H](NC(=O)CC[C@@H](NC(=O)c4ccc(C(=O)C(CS(=O)(=O)c5ccc(C)cc5)CS(=O)(=O)c5ccc(C)cc5)cc4)C(=O)N4CCOCCOCCOCCOCCOCCOCCOCC4)C(C)C)cc3)cc1)N(C)C(=O)C[C@@H](OC(=O)C(C)C)[C@@]1(C)O[C@@H]1[C@@H](C)[C@H]1CC(O)(NC(=O)O1)[C@@H](OC)/C=C\C=C(\C)C2. The first-order valence-electron chi connectivity index (χ1n) is 48.7.